The zero-order chi connectivity index (χ0) is 15.1. The van der Waals surface area contributed by atoms with Gasteiger partial charge in [-0.3, -0.25) is 4.79 Å². The molecule has 1 aromatic carbocycles. The Labute approximate surface area is 127 Å². The minimum atomic E-state index is 0.298. The Bertz CT molecular complexity index is 445. The minimum absolute atomic E-state index is 0.298. The molecule has 0 bridgehead atoms. The molecule has 2 N–H and O–H groups in total. The zero-order valence-corrected chi connectivity index (χ0v) is 12.9. The van der Waals surface area contributed by atoms with Crippen LogP contribution in [0.25, 0.3) is 0 Å². The molecule has 21 heavy (non-hydrogen) atoms. The van der Waals surface area contributed by atoms with Crippen LogP contribution >= 0.6 is 0 Å². The van der Waals surface area contributed by atoms with Gasteiger partial charge in [0.2, 0.25) is 5.91 Å². The normalized spacial score (nSPS) is 19.4. The fraction of sp³-hybridized carbons (Fsp3) is 0.588. The molecule has 1 unspecified atom stereocenters. The fourth-order valence-electron chi connectivity index (χ4n) is 2.58. The number of benzene rings is 1. The molecule has 4 heteroatoms. The summed E-state index contributed by atoms with van der Waals surface area (Å²) in [6.45, 7) is 5.11. The Hall–Kier alpha value is -1.55. The molecule has 1 aliphatic rings. The van der Waals surface area contributed by atoms with Crippen LogP contribution in [0.4, 0.5) is 0 Å². The van der Waals surface area contributed by atoms with E-state index in [1.54, 1.807) is 0 Å². The van der Waals surface area contributed by atoms with Gasteiger partial charge in [-0.2, -0.15) is 0 Å². The lowest BCUT2D eigenvalue weighted by atomic mass is 10.0. The Morgan fingerprint density at radius 2 is 2.05 bits per heavy atom. The number of carbonyl (C=O) groups excluding carboxylic acids is 1. The molecule has 1 heterocycles. The smallest absolute Gasteiger partial charge is 0.222 e. The van der Waals surface area contributed by atoms with Crippen LogP contribution in [0.3, 0.4) is 0 Å². The van der Waals surface area contributed by atoms with Gasteiger partial charge in [0.05, 0.1) is 6.61 Å². The van der Waals surface area contributed by atoms with Crippen molar-refractivity contribution in [2.45, 2.75) is 39.2 Å². The number of carbonyl (C=O) groups is 1. The van der Waals surface area contributed by atoms with Crippen molar-refractivity contribution in [2.75, 3.05) is 19.7 Å². The van der Waals surface area contributed by atoms with Crippen molar-refractivity contribution in [3.05, 3.63) is 29.8 Å². The second-order valence-corrected chi connectivity index (χ2v) is 5.86. The quantitative estimate of drug-likeness (QED) is 0.819. The third-order valence-electron chi connectivity index (χ3n) is 4.10. The first-order valence-electron chi connectivity index (χ1n) is 7.88. The summed E-state index contributed by atoms with van der Waals surface area (Å²) < 4.78 is 5.71. The first-order valence-corrected chi connectivity index (χ1v) is 7.88. The summed E-state index contributed by atoms with van der Waals surface area (Å²) in [6, 6.07) is 7.85. The van der Waals surface area contributed by atoms with E-state index < -0.39 is 0 Å². The van der Waals surface area contributed by atoms with Gasteiger partial charge >= 0.3 is 0 Å². The summed E-state index contributed by atoms with van der Waals surface area (Å²) in [4.78, 5) is 14.0. The molecular formula is C17H26N2O2. The van der Waals surface area contributed by atoms with Crippen LogP contribution in [0.1, 0.15) is 38.2 Å². The summed E-state index contributed by atoms with van der Waals surface area (Å²) in [5, 5.41) is 0. The molecule has 1 amide bonds. The van der Waals surface area contributed by atoms with Crippen LogP contribution in [-0.4, -0.2) is 30.5 Å². The van der Waals surface area contributed by atoms with E-state index in [0.717, 1.165) is 43.7 Å². The molecule has 1 atom stereocenters. The lowest BCUT2D eigenvalue weighted by Gasteiger charge is -2.20. The van der Waals surface area contributed by atoms with Crippen LogP contribution in [0.5, 0.6) is 5.75 Å². The van der Waals surface area contributed by atoms with Gasteiger partial charge in [-0.25, -0.2) is 0 Å². The van der Waals surface area contributed by atoms with Crippen LogP contribution in [0.2, 0.25) is 0 Å². The SMILES string of the molecule is CC1CCC(=O)N(CCCOc2ccc(CN)cc2)CC1. The van der Waals surface area contributed by atoms with Crippen molar-refractivity contribution in [1.82, 2.24) is 4.90 Å². The molecule has 1 saturated heterocycles. The van der Waals surface area contributed by atoms with Crippen LogP contribution in [0, 0.1) is 5.92 Å². The third kappa shape index (κ3) is 5.05. The van der Waals surface area contributed by atoms with Gasteiger partial charge in [0.25, 0.3) is 0 Å². The van der Waals surface area contributed by atoms with Gasteiger partial charge in [0, 0.05) is 26.1 Å². The van der Waals surface area contributed by atoms with E-state index in [1.807, 2.05) is 29.2 Å². The maximum absolute atomic E-state index is 12.0. The van der Waals surface area contributed by atoms with Crippen LogP contribution < -0.4 is 10.5 Å². The predicted molar refractivity (Wildman–Crippen MR) is 84.0 cm³/mol. The number of hydrogen-bond donors (Lipinski definition) is 1. The van der Waals surface area contributed by atoms with E-state index in [2.05, 4.69) is 6.92 Å². The second-order valence-electron chi connectivity index (χ2n) is 5.86. The monoisotopic (exact) mass is 290 g/mol. The highest BCUT2D eigenvalue weighted by Gasteiger charge is 2.19. The number of amides is 1. The fourth-order valence-corrected chi connectivity index (χ4v) is 2.58. The summed E-state index contributed by atoms with van der Waals surface area (Å²) in [5.41, 5.74) is 6.66. The zero-order valence-electron chi connectivity index (χ0n) is 12.9. The van der Waals surface area contributed by atoms with E-state index in [4.69, 9.17) is 10.5 Å². The Morgan fingerprint density at radius 3 is 2.76 bits per heavy atom. The predicted octanol–water partition coefficient (Wildman–Crippen LogP) is 2.56. The Morgan fingerprint density at radius 1 is 1.29 bits per heavy atom. The molecule has 0 saturated carbocycles. The molecule has 0 radical (unpaired) electrons. The molecule has 0 spiro atoms. The highest BCUT2D eigenvalue weighted by Crippen LogP contribution is 2.18. The average molecular weight is 290 g/mol. The number of nitrogens with two attached hydrogens (primary N) is 1. The van der Waals surface area contributed by atoms with Crippen molar-refractivity contribution >= 4 is 5.91 Å². The second kappa shape index (κ2) is 8.03. The maximum atomic E-state index is 12.0. The van der Waals surface area contributed by atoms with Gasteiger partial charge in [0.15, 0.2) is 0 Å². The minimum Gasteiger partial charge on any atom is -0.494 e. The van der Waals surface area contributed by atoms with Gasteiger partial charge in [-0.1, -0.05) is 19.1 Å². The molecule has 1 fully saturated rings. The number of ether oxygens (including phenoxy) is 1. The molecule has 1 aliphatic heterocycles. The van der Waals surface area contributed by atoms with Crippen molar-refractivity contribution in [2.24, 2.45) is 11.7 Å². The molecule has 4 nitrogen and oxygen atoms in total. The van der Waals surface area contributed by atoms with Gasteiger partial charge in [-0.05, 0) is 42.9 Å². The molecule has 116 valence electrons. The standard InChI is InChI=1S/C17H26N2O2/c1-14-3-8-17(20)19(11-9-14)10-2-12-21-16-6-4-15(13-18)5-7-16/h4-7,14H,2-3,8-13,18H2,1H3. The maximum Gasteiger partial charge on any atom is 0.222 e. The highest BCUT2D eigenvalue weighted by molar-refractivity contribution is 5.76. The summed E-state index contributed by atoms with van der Waals surface area (Å²) >= 11 is 0. The highest BCUT2D eigenvalue weighted by atomic mass is 16.5. The van der Waals surface area contributed by atoms with E-state index in [-0.39, 0.29) is 0 Å². The number of likely N-dealkylation sites (tertiary alicyclic amines) is 1. The summed E-state index contributed by atoms with van der Waals surface area (Å²) in [6.07, 6.45) is 3.72. The Balaban J connectivity index is 1.69. The van der Waals surface area contributed by atoms with Gasteiger partial charge in [-0.15, -0.1) is 0 Å². The van der Waals surface area contributed by atoms with Gasteiger partial charge < -0.3 is 15.4 Å². The number of nitrogens with zero attached hydrogens (tertiary/aromatic N) is 1. The number of rotatable bonds is 6. The van der Waals surface area contributed by atoms with Crippen LogP contribution in [-0.2, 0) is 11.3 Å². The van der Waals surface area contributed by atoms with E-state index in [1.165, 1.54) is 0 Å². The lowest BCUT2D eigenvalue weighted by molar-refractivity contribution is -0.130. The van der Waals surface area contributed by atoms with E-state index >= 15 is 0 Å². The van der Waals surface area contributed by atoms with Gasteiger partial charge in [0.1, 0.15) is 5.75 Å². The summed E-state index contributed by atoms with van der Waals surface area (Å²) in [5.74, 6) is 1.82. The Kier molecular flexibility index (Phi) is 6.05. The third-order valence-corrected chi connectivity index (χ3v) is 4.10. The van der Waals surface area contributed by atoms with E-state index in [0.29, 0.717) is 31.4 Å². The lowest BCUT2D eigenvalue weighted by Crippen LogP contribution is -2.32. The molecule has 0 aromatic heterocycles. The molecule has 1 aromatic rings. The molecule has 0 aliphatic carbocycles. The topological polar surface area (TPSA) is 55.6 Å². The van der Waals surface area contributed by atoms with Crippen molar-refractivity contribution in [3.8, 4) is 5.75 Å². The van der Waals surface area contributed by atoms with Crippen LogP contribution in [0.15, 0.2) is 24.3 Å². The van der Waals surface area contributed by atoms with Crippen molar-refractivity contribution in [1.29, 1.82) is 0 Å². The molecule has 2 rings (SSSR count). The first-order chi connectivity index (χ1) is 10.2. The number of hydrogen-bond acceptors (Lipinski definition) is 3. The average Bonchev–Trinajstić information content (AvgIpc) is 2.67. The van der Waals surface area contributed by atoms with E-state index in [9.17, 15) is 4.79 Å². The first kappa shape index (κ1) is 15.8. The summed E-state index contributed by atoms with van der Waals surface area (Å²) in [7, 11) is 0. The van der Waals surface area contributed by atoms with Crippen molar-refractivity contribution < 1.29 is 9.53 Å². The van der Waals surface area contributed by atoms with Crippen molar-refractivity contribution in [3.63, 3.8) is 0 Å². The molecular weight excluding hydrogens is 264 g/mol. The largest absolute Gasteiger partial charge is 0.494 e.